The topological polar surface area (TPSA) is 38.9 Å². The second-order valence-corrected chi connectivity index (χ2v) is 5.00. The molecule has 72 valence electrons. The fourth-order valence-corrected chi connectivity index (χ4v) is 2.40. The van der Waals surface area contributed by atoms with Gasteiger partial charge in [0.25, 0.3) is 0 Å². The summed E-state index contributed by atoms with van der Waals surface area (Å²) in [5, 5.41) is 0. The summed E-state index contributed by atoms with van der Waals surface area (Å²) >= 11 is 1.71. The van der Waals surface area contributed by atoms with Crippen LogP contribution in [0.25, 0.3) is 0 Å². The molecule has 1 aliphatic carbocycles. The minimum atomic E-state index is 0.327. The van der Waals surface area contributed by atoms with E-state index in [9.17, 15) is 0 Å². The third-order valence-electron chi connectivity index (χ3n) is 2.96. The van der Waals surface area contributed by atoms with Crippen molar-refractivity contribution in [1.82, 2.24) is 4.98 Å². The first-order chi connectivity index (χ1) is 6.27. The lowest BCUT2D eigenvalue weighted by Gasteiger charge is -2.18. The minimum Gasteiger partial charge on any atom is -0.327 e. The smallest absolute Gasteiger partial charge is 0.0794 e. The number of aromatic nitrogens is 1. The van der Waals surface area contributed by atoms with Gasteiger partial charge in [0.2, 0.25) is 0 Å². The number of rotatable bonds is 4. The maximum absolute atomic E-state index is 6.13. The first-order valence-electron chi connectivity index (χ1n) is 4.90. The van der Waals surface area contributed by atoms with Gasteiger partial charge in [0, 0.05) is 17.1 Å². The molecule has 2 unspecified atom stereocenters. The van der Waals surface area contributed by atoms with Crippen LogP contribution in [-0.2, 0) is 6.42 Å². The second kappa shape index (κ2) is 3.76. The van der Waals surface area contributed by atoms with Gasteiger partial charge in [-0.05, 0) is 31.1 Å². The van der Waals surface area contributed by atoms with E-state index in [1.807, 2.05) is 11.7 Å². The number of thiazole rings is 1. The highest BCUT2D eigenvalue weighted by atomic mass is 32.1. The normalized spacial score (nSPS) is 21.4. The number of hydrogen-bond acceptors (Lipinski definition) is 3. The fourth-order valence-electron chi connectivity index (χ4n) is 1.73. The molecule has 2 atom stereocenters. The van der Waals surface area contributed by atoms with Gasteiger partial charge in [-0.2, -0.15) is 0 Å². The maximum Gasteiger partial charge on any atom is 0.0794 e. The Hall–Kier alpha value is -0.410. The average molecular weight is 196 g/mol. The Morgan fingerprint density at radius 2 is 2.46 bits per heavy atom. The lowest BCUT2D eigenvalue weighted by atomic mass is 9.95. The van der Waals surface area contributed by atoms with Crippen LogP contribution < -0.4 is 5.73 Å². The highest BCUT2D eigenvalue weighted by Crippen LogP contribution is 2.38. The van der Waals surface area contributed by atoms with Gasteiger partial charge in [0.15, 0.2) is 0 Å². The van der Waals surface area contributed by atoms with Crippen LogP contribution in [0.2, 0.25) is 0 Å². The van der Waals surface area contributed by atoms with Crippen molar-refractivity contribution in [1.29, 1.82) is 0 Å². The molecule has 1 fully saturated rings. The average Bonchev–Trinajstić information content (AvgIpc) is 2.85. The number of nitrogens with two attached hydrogens (primary N) is 1. The van der Waals surface area contributed by atoms with Crippen molar-refractivity contribution in [3.8, 4) is 0 Å². The van der Waals surface area contributed by atoms with Crippen LogP contribution >= 0.6 is 11.3 Å². The molecule has 0 saturated heterocycles. The van der Waals surface area contributed by atoms with E-state index in [-0.39, 0.29) is 0 Å². The van der Waals surface area contributed by atoms with E-state index in [4.69, 9.17) is 5.73 Å². The monoisotopic (exact) mass is 196 g/mol. The molecule has 0 amide bonds. The second-order valence-electron chi connectivity index (χ2n) is 4.03. The third-order valence-corrected chi connectivity index (χ3v) is 3.76. The largest absolute Gasteiger partial charge is 0.327 e. The van der Waals surface area contributed by atoms with Crippen molar-refractivity contribution in [3.63, 3.8) is 0 Å². The Morgan fingerprint density at radius 3 is 3.00 bits per heavy atom. The highest BCUT2D eigenvalue weighted by molar-refractivity contribution is 7.09. The van der Waals surface area contributed by atoms with E-state index in [0.717, 1.165) is 12.3 Å². The zero-order valence-corrected chi connectivity index (χ0v) is 8.76. The summed E-state index contributed by atoms with van der Waals surface area (Å²) in [4.78, 5) is 5.38. The van der Waals surface area contributed by atoms with Crippen molar-refractivity contribution >= 4 is 11.3 Å². The standard InChI is InChI=1S/C10H16N2S/c1-7(8-2-3-8)10(11)4-9-5-12-6-13-9/h5-8,10H,2-4,11H2,1H3. The molecule has 0 spiro atoms. The summed E-state index contributed by atoms with van der Waals surface area (Å²) < 4.78 is 0. The highest BCUT2D eigenvalue weighted by Gasteiger charge is 2.31. The third kappa shape index (κ3) is 2.29. The molecule has 0 aromatic carbocycles. The van der Waals surface area contributed by atoms with Gasteiger partial charge in [-0.15, -0.1) is 11.3 Å². The predicted molar refractivity (Wildman–Crippen MR) is 55.7 cm³/mol. The maximum atomic E-state index is 6.13. The zero-order chi connectivity index (χ0) is 9.26. The molecule has 0 aliphatic heterocycles. The van der Waals surface area contributed by atoms with Crippen molar-refractivity contribution < 1.29 is 0 Å². The summed E-state index contributed by atoms with van der Waals surface area (Å²) in [5.41, 5.74) is 8.01. The summed E-state index contributed by atoms with van der Waals surface area (Å²) in [5.74, 6) is 1.59. The Morgan fingerprint density at radius 1 is 1.69 bits per heavy atom. The Labute approximate surface area is 83.2 Å². The quantitative estimate of drug-likeness (QED) is 0.800. The van der Waals surface area contributed by atoms with Crippen LogP contribution in [0, 0.1) is 11.8 Å². The van der Waals surface area contributed by atoms with Crippen molar-refractivity contribution in [2.24, 2.45) is 17.6 Å². The summed E-state index contributed by atoms with van der Waals surface area (Å²) in [6, 6.07) is 0.327. The first-order valence-corrected chi connectivity index (χ1v) is 5.78. The van der Waals surface area contributed by atoms with Crippen LogP contribution in [-0.4, -0.2) is 11.0 Å². The molecule has 1 aromatic rings. The lowest BCUT2D eigenvalue weighted by Crippen LogP contribution is -2.31. The van der Waals surface area contributed by atoms with Crippen molar-refractivity contribution in [2.45, 2.75) is 32.2 Å². The van der Waals surface area contributed by atoms with Crippen LogP contribution in [0.1, 0.15) is 24.6 Å². The van der Waals surface area contributed by atoms with E-state index in [1.165, 1.54) is 17.7 Å². The van der Waals surface area contributed by atoms with Gasteiger partial charge in [0.05, 0.1) is 5.51 Å². The van der Waals surface area contributed by atoms with Gasteiger partial charge in [-0.25, -0.2) is 0 Å². The molecule has 1 heterocycles. The number of hydrogen-bond donors (Lipinski definition) is 1. The molecule has 1 aromatic heterocycles. The van der Waals surface area contributed by atoms with Gasteiger partial charge in [-0.3, -0.25) is 4.98 Å². The van der Waals surface area contributed by atoms with Crippen LogP contribution in [0.15, 0.2) is 11.7 Å². The minimum absolute atomic E-state index is 0.327. The van der Waals surface area contributed by atoms with E-state index < -0.39 is 0 Å². The van der Waals surface area contributed by atoms with Crippen molar-refractivity contribution in [2.75, 3.05) is 0 Å². The fraction of sp³-hybridized carbons (Fsp3) is 0.700. The molecular weight excluding hydrogens is 180 g/mol. The van der Waals surface area contributed by atoms with Crippen LogP contribution in [0.5, 0.6) is 0 Å². The van der Waals surface area contributed by atoms with Crippen LogP contribution in [0.4, 0.5) is 0 Å². The van der Waals surface area contributed by atoms with E-state index >= 15 is 0 Å². The van der Waals surface area contributed by atoms with Crippen molar-refractivity contribution in [3.05, 3.63) is 16.6 Å². The first kappa shape index (κ1) is 9.16. The molecule has 2 rings (SSSR count). The Bertz CT molecular complexity index is 254. The summed E-state index contributed by atoms with van der Waals surface area (Å²) in [7, 11) is 0. The molecule has 13 heavy (non-hydrogen) atoms. The van der Waals surface area contributed by atoms with Gasteiger partial charge in [0.1, 0.15) is 0 Å². The molecule has 2 N–H and O–H groups in total. The molecule has 2 nitrogen and oxygen atoms in total. The SMILES string of the molecule is CC(C(N)Cc1cncs1)C1CC1. The Kier molecular flexibility index (Phi) is 2.65. The van der Waals surface area contributed by atoms with Gasteiger partial charge in [-0.1, -0.05) is 6.92 Å². The summed E-state index contributed by atoms with van der Waals surface area (Å²) in [6.45, 7) is 2.28. The molecule has 0 radical (unpaired) electrons. The van der Waals surface area contributed by atoms with E-state index in [2.05, 4.69) is 11.9 Å². The predicted octanol–water partition coefficient (Wildman–Crippen LogP) is 2.06. The molecular formula is C10H16N2S. The molecule has 3 heteroatoms. The molecule has 1 aliphatic rings. The zero-order valence-electron chi connectivity index (χ0n) is 7.94. The van der Waals surface area contributed by atoms with E-state index in [0.29, 0.717) is 12.0 Å². The van der Waals surface area contributed by atoms with Crippen LogP contribution in [0.3, 0.4) is 0 Å². The molecule has 0 bridgehead atoms. The molecule has 1 saturated carbocycles. The number of nitrogens with zero attached hydrogens (tertiary/aromatic N) is 1. The van der Waals surface area contributed by atoms with Gasteiger partial charge < -0.3 is 5.73 Å². The van der Waals surface area contributed by atoms with E-state index in [1.54, 1.807) is 11.3 Å². The lowest BCUT2D eigenvalue weighted by molar-refractivity contribution is 0.406. The van der Waals surface area contributed by atoms with Gasteiger partial charge >= 0.3 is 0 Å². The summed E-state index contributed by atoms with van der Waals surface area (Å²) in [6.07, 6.45) is 5.71. The Balaban J connectivity index is 1.86.